The molecule has 0 unspecified atom stereocenters. The van der Waals surface area contributed by atoms with Gasteiger partial charge in [0.2, 0.25) is 5.88 Å². The van der Waals surface area contributed by atoms with E-state index in [-0.39, 0.29) is 0 Å². The van der Waals surface area contributed by atoms with Gasteiger partial charge in [-0.3, -0.25) is 0 Å². The summed E-state index contributed by atoms with van der Waals surface area (Å²) in [5, 5.41) is 3.31. The third-order valence-electron chi connectivity index (χ3n) is 2.28. The van der Waals surface area contributed by atoms with Gasteiger partial charge in [0.15, 0.2) is 0 Å². The Labute approximate surface area is 84.5 Å². The van der Waals surface area contributed by atoms with Crippen molar-refractivity contribution < 1.29 is 4.74 Å². The highest BCUT2D eigenvalue weighted by atomic mass is 16.5. The number of nitrogens with one attached hydrogen (secondary N) is 1. The second-order valence-electron chi connectivity index (χ2n) is 3.62. The summed E-state index contributed by atoms with van der Waals surface area (Å²) in [6.45, 7) is 3.67. The van der Waals surface area contributed by atoms with Gasteiger partial charge >= 0.3 is 0 Å². The van der Waals surface area contributed by atoms with Gasteiger partial charge in [0.25, 0.3) is 0 Å². The van der Waals surface area contributed by atoms with Crippen LogP contribution >= 0.6 is 0 Å². The van der Waals surface area contributed by atoms with Crippen LogP contribution in [0.4, 0.5) is 5.82 Å². The summed E-state index contributed by atoms with van der Waals surface area (Å²) in [5.41, 5.74) is 0. The van der Waals surface area contributed by atoms with E-state index >= 15 is 0 Å². The standard InChI is InChI=1S/C11H16N2O/c1-2-14-11-5-3-4-10(13-11)12-8-9-6-7-9/h3-5,9H,2,6-8H2,1H3,(H,12,13). The Morgan fingerprint density at radius 3 is 3.07 bits per heavy atom. The molecule has 1 aliphatic carbocycles. The van der Waals surface area contributed by atoms with Crippen LogP contribution in [-0.2, 0) is 0 Å². The fraction of sp³-hybridized carbons (Fsp3) is 0.545. The number of anilines is 1. The topological polar surface area (TPSA) is 34.1 Å². The van der Waals surface area contributed by atoms with E-state index in [1.807, 2.05) is 25.1 Å². The fourth-order valence-corrected chi connectivity index (χ4v) is 1.31. The minimum atomic E-state index is 0.666. The Bertz CT molecular complexity index is 297. The van der Waals surface area contributed by atoms with E-state index in [1.54, 1.807) is 0 Å². The van der Waals surface area contributed by atoms with Crippen LogP contribution in [0.25, 0.3) is 0 Å². The molecule has 3 heteroatoms. The molecule has 76 valence electrons. The molecule has 2 rings (SSSR count). The number of aromatic nitrogens is 1. The second-order valence-corrected chi connectivity index (χ2v) is 3.62. The molecule has 14 heavy (non-hydrogen) atoms. The van der Waals surface area contributed by atoms with Crippen LogP contribution < -0.4 is 10.1 Å². The van der Waals surface area contributed by atoms with Gasteiger partial charge in [0.05, 0.1) is 6.61 Å². The summed E-state index contributed by atoms with van der Waals surface area (Å²) in [6.07, 6.45) is 2.72. The van der Waals surface area contributed by atoms with E-state index in [2.05, 4.69) is 10.3 Å². The van der Waals surface area contributed by atoms with Crippen molar-refractivity contribution in [2.75, 3.05) is 18.5 Å². The van der Waals surface area contributed by atoms with Gasteiger partial charge in [0.1, 0.15) is 5.82 Å². The highest BCUT2D eigenvalue weighted by molar-refractivity contribution is 5.37. The lowest BCUT2D eigenvalue weighted by atomic mass is 10.4. The summed E-state index contributed by atoms with van der Waals surface area (Å²) < 4.78 is 5.32. The van der Waals surface area contributed by atoms with Crippen LogP contribution in [0.15, 0.2) is 18.2 Å². The van der Waals surface area contributed by atoms with Gasteiger partial charge in [0, 0.05) is 12.6 Å². The molecule has 1 aliphatic rings. The third-order valence-corrected chi connectivity index (χ3v) is 2.28. The predicted molar refractivity (Wildman–Crippen MR) is 56.6 cm³/mol. The van der Waals surface area contributed by atoms with Crippen LogP contribution in [0.5, 0.6) is 5.88 Å². The van der Waals surface area contributed by atoms with Crippen molar-refractivity contribution in [3.63, 3.8) is 0 Å². The van der Waals surface area contributed by atoms with Crippen LogP contribution in [0, 0.1) is 5.92 Å². The van der Waals surface area contributed by atoms with Crippen molar-refractivity contribution in [3.05, 3.63) is 18.2 Å². The summed E-state index contributed by atoms with van der Waals surface area (Å²) in [7, 11) is 0. The summed E-state index contributed by atoms with van der Waals surface area (Å²) in [5.74, 6) is 2.49. The van der Waals surface area contributed by atoms with Crippen LogP contribution in [-0.4, -0.2) is 18.1 Å². The van der Waals surface area contributed by atoms with Gasteiger partial charge in [-0.25, -0.2) is 0 Å². The molecule has 1 saturated carbocycles. The molecule has 1 fully saturated rings. The maximum Gasteiger partial charge on any atom is 0.215 e. The summed E-state index contributed by atoms with van der Waals surface area (Å²) >= 11 is 0. The third kappa shape index (κ3) is 2.62. The molecule has 0 aliphatic heterocycles. The second kappa shape index (κ2) is 4.31. The molecule has 0 atom stereocenters. The number of hydrogen-bond donors (Lipinski definition) is 1. The van der Waals surface area contributed by atoms with Crippen molar-refractivity contribution in [3.8, 4) is 5.88 Å². The highest BCUT2D eigenvalue weighted by Gasteiger charge is 2.20. The molecule has 0 aromatic carbocycles. The number of hydrogen-bond acceptors (Lipinski definition) is 3. The molecule has 1 aromatic heterocycles. The average Bonchev–Trinajstić information content (AvgIpc) is 2.99. The molecule has 1 N–H and O–H groups in total. The quantitative estimate of drug-likeness (QED) is 0.777. The lowest BCUT2D eigenvalue weighted by molar-refractivity contribution is 0.327. The van der Waals surface area contributed by atoms with E-state index < -0.39 is 0 Å². The monoisotopic (exact) mass is 192 g/mol. The molecule has 0 saturated heterocycles. The number of nitrogens with zero attached hydrogens (tertiary/aromatic N) is 1. The Kier molecular flexibility index (Phi) is 2.87. The molecule has 0 bridgehead atoms. The Morgan fingerprint density at radius 2 is 2.36 bits per heavy atom. The van der Waals surface area contributed by atoms with Crippen LogP contribution in [0.3, 0.4) is 0 Å². The van der Waals surface area contributed by atoms with Gasteiger partial charge in [-0.15, -0.1) is 0 Å². The maximum atomic E-state index is 5.32. The van der Waals surface area contributed by atoms with E-state index in [0.717, 1.165) is 18.3 Å². The first-order valence-electron chi connectivity index (χ1n) is 5.22. The van der Waals surface area contributed by atoms with Gasteiger partial charge in [-0.1, -0.05) is 6.07 Å². The minimum absolute atomic E-state index is 0.666. The zero-order valence-electron chi connectivity index (χ0n) is 8.49. The predicted octanol–water partition coefficient (Wildman–Crippen LogP) is 2.30. The number of pyridine rings is 1. The maximum absolute atomic E-state index is 5.32. The van der Waals surface area contributed by atoms with Gasteiger partial charge < -0.3 is 10.1 Å². The van der Waals surface area contributed by atoms with Gasteiger partial charge in [-0.05, 0) is 31.7 Å². The average molecular weight is 192 g/mol. The number of ether oxygens (including phenoxy) is 1. The van der Waals surface area contributed by atoms with E-state index in [0.29, 0.717) is 12.5 Å². The molecular weight excluding hydrogens is 176 g/mol. The number of rotatable bonds is 5. The van der Waals surface area contributed by atoms with Crippen molar-refractivity contribution in [1.29, 1.82) is 0 Å². The Morgan fingerprint density at radius 1 is 1.50 bits per heavy atom. The van der Waals surface area contributed by atoms with Crippen LogP contribution in [0.2, 0.25) is 0 Å². The molecular formula is C11H16N2O. The van der Waals surface area contributed by atoms with Crippen molar-refractivity contribution in [1.82, 2.24) is 4.98 Å². The zero-order chi connectivity index (χ0) is 9.80. The van der Waals surface area contributed by atoms with Crippen molar-refractivity contribution >= 4 is 5.82 Å². The Hall–Kier alpha value is -1.25. The van der Waals surface area contributed by atoms with Crippen molar-refractivity contribution in [2.45, 2.75) is 19.8 Å². The van der Waals surface area contributed by atoms with Crippen LogP contribution in [0.1, 0.15) is 19.8 Å². The lowest BCUT2D eigenvalue weighted by Gasteiger charge is -2.06. The lowest BCUT2D eigenvalue weighted by Crippen LogP contribution is -2.05. The van der Waals surface area contributed by atoms with Gasteiger partial charge in [-0.2, -0.15) is 4.98 Å². The van der Waals surface area contributed by atoms with E-state index in [1.165, 1.54) is 12.8 Å². The largest absolute Gasteiger partial charge is 0.478 e. The fourth-order valence-electron chi connectivity index (χ4n) is 1.31. The molecule has 1 aromatic rings. The van der Waals surface area contributed by atoms with E-state index in [9.17, 15) is 0 Å². The molecule has 0 amide bonds. The Balaban J connectivity index is 1.90. The molecule has 3 nitrogen and oxygen atoms in total. The van der Waals surface area contributed by atoms with E-state index in [4.69, 9.17) is 4.74 Å². The smallest absolute Gasteiger partial charge is 0.215 e. The minimum Gasteiger partial charge on any atom is -0.478 e. The highest BCUT2D eigenvalue weighted by Crippen LogP contribution is 2.28. The first kappa shape index (κ1) is 9.31. The first-order valence-corrected chi connectivity index (χ1v) is 5.22. The zero-order valence-corrected chi connectivity index (χ0v) is 8.49. The molecule has 1 heterocycles. The normalized spacial score (nSPS) is 15.2. The molecule has 0 spiro atoms. The summed E-state index contributed by atoms with van der Waals surface area (Å²) in [6, 6.07) is 5.82. The molecule has 0 radical (unpaired) electrons. The summed E-state index contributed by atoms with van der Waals surface area (Å²) in [4.78, 5) is 4.33. The van der Waals surface area contributed by atoms with Crippen molar-refractivity contribution in [2.24, 2.45) is 5.92 Å². The SMILES string of the molecule is CCOc1cccc(NCC2CC2)n1. The first-order chi connectivity index (χ1) is 6.88.